The van der Waals surface area contributed by atoms with Gasteiger partial charge in [-0.1, -0.05) is 0 Å². The highest BCUT2D eigenvalue weighted by atomic mass is 19.4. The lowest BCUT2D eigenvalue weighted by Gasteiger charge is -2.18. The van der Waals surface area contributed by atoms with Crippen LogP contribution in [0.5, 0.6) is 5.75 Å². The minimum Gasteiger partial charge on any atom is -0.497 e. The molecule has 0 saturated carbocycles. The highest BCUT2D eigenvalue weighted by Gasteiger charge is 2.26. The summed E-state index contributed by atoms with van der Waals surface area (Å²) in [5, 5.41) is 2.06. The lowest BCUT2D eigenvalue weighted by atomic mass is 10.3. The van der Waals surface area contributed by atoms with Crippen LogP contribution in [0.2, 0.25) is 0 Å². The van der Waals surface area contributed by atoms with Crippen LogP contribution in [0.1, 0.15) is 0 Å². The molecule has 0 saturated heterocycles. The molecular formula is C12H15F3N2O2. The first-order chi connectivity index (χ1) is 8.83. The standard InChI is InChI=1S/C12H15F3N2O2/c1-17(9-3-5-10(19-2)6-4-9)11(18)7-16-8-12(13,14)15/h3-6,16H,7-8H2,1-2H3. The molecule has 7 heteroatoms. The van der Waals surface area contributed by atoms with Crippen LogP contribution < -0.4 is 15.0 Å². The number of nitrogens with zero attached hydrogens (tertiary/aromatic N) is 1. The van der Waals surface area contributed by atoms with Crippen molar-refractivity contribution in [1.29, 1.82) is 0 Å². The van der Waals surface area contributed by atoms with Crippen molar-refractivity contribution in [3.8, 4) is 5.75 Å². The minimum atomic E-state index is -4.32. The zero-order chi connectivity index (χ0) is 14.5. The van der Waals surface area contributed by atoms with Crippen LogP contribution in [-0.4, -0.2) is 39.3 Å². The van der Waals surface area contributed by atoms with Crippen LogP contribution >= 0.6 is 0 Å². The molecule has 1 amide bonds. The summed E-state index contributed by atoms with van der Waals surface area (Å²) < 4.78 is 40.7. The molecule has 0 spiro atoms. The Kier molecular flexibility index (Phi) is 5.17. The second-order valence-corrected chi connectivity index (χ2v) is 3.87. The van der Waals surface area contributed by atoms with E-state index < -0.39 is 18.6 Å². The van der Waals surface area contributed by atoms with Gasteiger partial charge in [0.05, 0.1) is 20.2 Å². The van der Waals surface area contributed by atoms with Crippen molar-refractivity contribution >= 4 is 11.6 Å². The molecule has 4 nitrogen and oxygen atoms in total. The van der Waals surface area contributed by atoms with E-state index in [0.29, 0.717) is 11.4 Å². The summed E-state index contributed by atoms with van der Waals surface area (Å²) in [6.45, 7) is -1.56. The van der Waals surface area contributed by atoms with Crippen LogP contribution in [0.15, 0.2) is 24.3 Å². The topological polar surface area (TPSA) is 41.6 Å². The van der Waals surface area contributed by atoms with E-state index in [1.165, 1.54) is 19.1 Å². The van der Waals surface area contributed by atoms with E-state index in [9.17, 15) is 18.0 Å². The normalized spacial score (nSPS) is 11.2. The summed E-state index contributed by atoms with van der Waals surface area (Å²) >= 11 is 0. The number of hydrogen-bond donors (Lipinski definition) is 1. The van der Waals surface area contributed by atoms with Crippen molar-refractivity contribution in [2.45, 2.75) is 6.18 Å². The van der Waals surface area contributed by atoms with Crippen molar-refractivity contribution in [3.05, 3.63) is 24.3 Å². The van der Waals surface area contributed by atoms with Gasteiger partial charge in [-0.3, -0.25) is 4.79 Å². The monoisotopic (exact) mass is 276 g/mol. The van der Waals surface area contributed by atoms with E-state index >= 15 is 0 Å². The van der Waals surface area contributed by atoms with Gasteiger partial charge >= 0.3 is 6.18 Å². The molecule has 0 aliphatic rings. The number of anilines is 1. The Balaban J connectivity index is 2.51. The zero-order valence-corrected chi connectivity index (χ0v) is 10.6. The number of likely N-dealkylation sites (N-methyl/N-ethyl adjacent to an activating group) is 1. The van der Waals surface area contributed by atoms with Gasteiger partial charge < -0.3 is 15.0 Å². The van der Waals surface area contributed by atoms with Crippen molar-refractivity contribution in [1.82, 2.24) is 5.32 Å². The zero-order valence-electron chi connectivity index (χ0n) is 10.6. The number of methoxy groups -OCH3 is 1. The Hall–Kier alpha value is -1.76. The average Bonchev–Trinajstić information content (AvgIpc) is 2.36. The third kappa shape index (κ3) is 5.17. The maximum atomic E-state index is 11.9. The second kappa shape index (κ2) is 6.42. The Morgan fingerprint density at radius 2 is 1.89 bits per heavy atom. The number of alkyl halides is 3. The van der Waals surface area contributed by atoms with Gasteiger partial charge in [0.2, 0.25) is 5.91 Å². The number of amides is 1. The predicted octanol–water partition coefficient (Wildman–Crippen LogP) is 1.81. The number of carbonyl (C=O) groups excluding carboxylic acids is 1. The fraction of sp³-hybridized carbons (Fsp3) is 0.417. The number of nitrogens with one attached hydrogen (secondary N) is 1. The first kappa shape index (κ1) is 15.3. The van der Waals surface area contributed by atoms with E-state index in [0.717, 1.165) is 0 Å². The average molecular weight is 276 g/mol. The fourth-order valence-electron chi connectivity index (χ4n) is 1.38. The molecular weight excluding hydrogens is 261 g/mol. The number of rotatable bonds is 5. The molecule has 0 aromatic heterocycles. The lowest BCUT2D eigenvalue weighted by molar-refractivity contribution is -0.127. The Morgan fingerprint density at radius 3 is 2.37 bits per heavy atom. The highest BCUT2D eigenvalue weighted by molar-refractivity contribution is 5.94. The van der Waals surface area contributed by atoms with E-state index in [4.69, 9.17) is 4.74 Å². The molecule has 0 radical (unpaired) electrons. The summed E-state index contributed by atoms with van der Waals surface area (Å²) in [4.78, 5) is 12.9. The Labute approximate surface area is 109 Å². The fourth-order valence-corrected chi connectivity index (χ4v) is 1.38. The van der Waals surface area contributed by atoms with Crippen LogP contribution in [0.3, 0.4) is 0 Å². The molecule has 1 aromatic rings. The van der Waals surface area contributed by atoms with Gasteiger partial charge in [0.25, 0.3) is 0 Å². The molecule has 0 unspecified atom stereocenters. The largest absolute Gasteiger partial charge is 0.497 e. The van der Waals surface area contributed by atoms with Crippen LogP contribution in [0.25, 0.3) is 0 Å². The van der Waals surface area contributed by atoms with Crippen molar-refractivity contribution in [2.75, 3.05) is 32.1 Å². The molecule has 0 heterocycles. The van der Waals surface area contributed by atoms with Crippen LogP contribution in [0, 0.1) is 0 Å². The van der Waals surface area contributed by atoms with Crippen molar-refractivity contribution < 1.29 is 22.7 Å². The molecule has 0 aliphatic carbocycles. The maximum Gasteiger partial charge on any atom is 0.401 e. The quantitative estimate of drug-likeness (QED) is 0.891. The van der Waals surface area contributed by atoms with Gasteiger partial charge in [-0.25, -0.2) is 0 Å². The Bertz CT molecular complexity index is 418. The van der Waals surface area contributed by atoms with E-state index in [1.54, 1.807) is 24.3 Å². The molecule has 0 fully saturated rings. The molecule has 1 rings (SSSR count). The smallest absolute Gasteiger partial charge is 0.401 e. The van der Waals surface area contributed by atoms with Gasteiger partial charge in [-0.05, 0) is 24.3 Å². The van der Waals surface area contributed by atoms with Gasteiger partial charge in [-0.2, -0.15) is 13.2 Å². The molecule has 0 bridgehead atoms. The summed E-state index contributed by atoms with van der Waals surface area (Å²) in [5.74, 6) is 0.189. The first-order valence-corrected chi connectivity index (χ1v) is 5.51. The SMILES string of the molecule is COc1ccc(N(C)C(=O)CNCC(F)(F)F)cc1. The molecule has 1 N–H and O–H groups in total. The summed E-state index contributed by atoms with van der Waals surface area (Å²) in [7, 11) is 3.02. The van der Waals surface area contributed by atoms with Gasteiger partial charge in [0, 0.05) is 12.7 Å². The molecule has 19 heavy (non-hydrogen) atoms. The van der Waals surface area contributed by atoms with Crippen LogP contribution in [-0.2, 0) is 4.79 Å². The summed E-state index contributed by atoms with van der Waals surface area (Å²) in [5.41, 5.74) is 0.583. The lowest BCUT2D eigenvalue weighted by Crippen LogP contribution is -2.39. The number of halogens is 3. The third-order valence-electron chi connectivity index (χ3n) is 2.44. The van der Waals surface area contributed by atoms with Crippen molar-refractivity contribution in [3.63, 3.8) is 0 Å². The number of carbonyl (C=O) groups is 1. The maximum absolute atomic E-state index is 11.9. The molecule has 106 valence electrons. The Morgan fingerprint density at radius 1 is 1.32 bits per heavy atom. The number of ether oxygens (including phenoxy) is 1. The minimum absolute atomic E-state index is 0.373. The molecule has 0 aliphatic heterocycles. The molecule has 1 aromatic carbocycles. The number of hydrogen-bond acceptors (Lipinski definition) is 3. The van der Waals surface area contributed by atoms with Gasteiger partial charge in [0.15, 0.2) is 0 Å². The van der Waals surface area contributed by atoms with E-state index in [2.05, 4.69) is 5.32 Å². The third-order valence-corrected chi connectivity index (χ3v) is 2.44. The number of benzene rings is 1. The summed E-state index contributed by atoms with van der Waals surface area (Å²) in [6, 6.07) is 6.64. The van der Waals surface area contributed by atoms with E-state index in [1.807, 2.05) is 0 Å². The van der Waals surface area contributed by atoms with E-state index in [-0.39, 0.29) is 6.54 Å². The second-order valence-electron chi connectivity index (χ2n) is 3.87. The van der Waals surface area contributed by atoms with Gasteiger partial charge in [0.1, 0.15) is 5.75 Å². The first-order valence-electron chi connectivity index (χ1n) is 5.51. The van der Waals surface area contributed by atoms with Crippen LogP contribution in [0.4, 0.5) is 18.9 Å². The summed E-state index contributed by atoms with van der Waals surface area (Å²) in [6.07, 6.45) is -4.32. The van der Waals surface area contributed by atoms with Crippen molar-refractivity contribution in [2.24, 2.45) is 0 Å². The predicted molar refractivity (Wildman–Crippen MR) is 65.3 cm³/mol. The highest BCUT2D eigenvalue weighted by Crippen LogP contribution is 2.18. The van der Waals surface area contributed by atoms with Gasteiger partial charge in [-0.15, -0.1) is 0 Å². The molecule has 0 atom stereocenters.